The molecule has 0 aliphatic heterocycles. The topological polar surface area (TPSA) is 68.0 Å². The first-order valence-electron chi connectivity index (χ1n) is 4.48. The molecule has 6 heteroatoms. The van der Waals surface area contributed by atoms with E-state index in [4.69, 9.17) is 5.73 Å². The number of halogens is 1. The van der Waals surface area contributed by atoms with Crippen molar-refractivity contribution in [2.75, 3.05) is 5.32 Å². The van der Waals surface area contributed by atoms with Crippen LogP contribution in [0.2, 0.25) is 0 Å². The van der Waals surface area contributed by atoms with E-state index >= 15 is 0 Å². The number of nitrogens with two attached hydrogens (primary N) is 1. The van der Waals surface area contributed by atoms with E-state index in [0.717, 1.165) is 3.79 Å². The largest absolute Gasteiger partial charge is 0.319 e. The van der Waals surface area contributed by atoms with Gasteiger partial charge in [-0.3, -0.25) is 4.79 Å². The Bertz CT molecular complexity index is 358. The van der Waals surface area contributed by atoms with Gasteiger partial charge in [0.05, 0.1) is 16.0 Å². The van der Waals surface area contributed by atoms with E-state index in [1.54, 1.807) is 6.20 Å². The molecule has 0 aliphatic carbocycles. The van der Waals surface area contributed by atoms with Crippen LogP contribution in [0.5, 0.6) is 0 Å². The highest BCUT2D eigenvalue weighted by Crippen LogP contribution is 2.24. The molecule has 3 N–H and O–H groups in total. The lowest BCUT2D eigenvalue weighted by Crippen LogP contribution is -2.45. The van der Waals surface area contributed by atoms with Crippen LogP contribution in [-0.4, -0.2) is 16.9 Å². The molecule has 1 aromatic rings. The number of carbonyl (C=O) groups excluding carboxylic acids is 1. The van der Waals surface area contributed by atoms with Gasteiger partial charge < -0.3 is 11.1 Å². The molecular weight excluding hydrogens is 278 g/mol. The Morgan fingerprint density at radius 2 is 2.27 bits per heavy atom. The van der Waals surface area contributed by atoms with Crippen molar-refractivity contribution in [3.05, 3.63) is 9.98 Å². The predicted molar refractivity (Wildman–Crippen MR) is 65.9 cm³/mol. The molecule has 15 heavy (non-hydrogen) atoms. The van der Waals surface area contributed by atoms with Gasteiger partial charge in [0.2, 0.25) is 5.91 Å². The molecule has 0 saturated heterocycles. The Labute approximate surface area is 101 Å². The van der Waals surface area contributed by atoms with Crippen LogP contribution in [0.3, 0.4) is 0 Å². The second kappa shape index (κ2) is 4.59. The molecule has 0 spiro atoms. The summed E-state index contributed by atoms with van der Waals surface area (Å²) in [5, 5.41) is 3.24. The number of hydrogen-bond donors (Lipinski definition) is 2. The molecule has 1 rings (SSSR count). The molecule has 1 aromatic heterocycles. The van der Waals surface area contributed by atoms with E-state index in [0.29, 0.717) is 5.13 Å². The third-order valence-corrected chi connectivity index (χ3v) is 3.31. The predicted octanol–water partition coefficient (Wildman–Crippen LogP) is 2.22. The average molecular weight is 292 g/mol. The number of nitrogens with one attached hydrogen (secondary N) is 1. The van der Waals surface area contributed by atoms with Crippen molar-refractivity contribution in [2.45, 2.75) is 26.8 Å². The summed E-state index contributed by atoms with van der Waals surface area (Å²) in [4.78, 5) is 15.7. The van der Waals surface area contributed by atoms with Gasteiger partial charge in [-0.2, -0.15) is 0 Å². The van der Waals surface area contributed by atoms with Crippen LogP contribution in [0, 0.1) is 5.41 Å². The number of nitrogens with zero attached hydrogens (tertiary/aromatic N) is 1. The molecule has 84 valence electrons. The lowest BCUT2D eigenvalue weighted by atomic mass is 9.87. The first-order valence-corrected chi connectivity index (χ1v) is 6.09. The number of amides is 1. The minimum Gasteiger partial charge on any atom is -0.319 e. The van der Waals surface area contributed by atoms with Crippen molar-refractivity contribution < 1.29 is 4.79 Å². The van der Waals surface area contributed by atoms with Crippen LogP contribution in [0.1, 0.15) is 20.8 Å². The fourth-order valence-corrected chi connectivity index (χ4v) is 2.00. The summed E-state index contributed by atoms with van der Waals surface area (Å²) in [7, 11) is 0. The van der Waals surface area contributed by atoms with E-state index in [2.05, 4.69) is 26.2 Å². The molecule has 0 aromatic carbocycles. The highest BCUT2D eigenvalue weighted by atomic mass is 79.9. The van der Waals surface area contributed by atoms with Gasteiger partial charge in [0.1, 0.15) is 0 Å². The smallest absolute Gasteiger partial charge is 0.243 e. The van der Waals surface area contributed by atoms with Crippen LogP contribution in [-0.2, 0) is 4.79 Å². The van der Waals surface area contributed by atoms with Gasteiger partial charge >= 0.3 is 0 Å². The van der Waals surface area contributed by atoms with E-state index < -0.39 is 6.04 Å². The Kier molecular flexibility index (Phi) is 3.86. The molecule has 1 heterocycles. The zero-order valence-corrected chi connectivity index (χ0v) is 11.3. The zero-order valence-electron chi connectivity index (χ0n) is 8.87. The average Bonchev–Trinajstić information content (AvgIpc) is 2.48. The minimum atomic E-state index is -0.542. The summed E-state index contributed by atoms with van der Waals surface area (Å²) in [5.74, 6) is -0.204. The number of thiazole rings is 1. The molecule has 4 nitrogen and oxygen atoms in total. The molecule has 0 fully saturated rings. The summed E-state index contributed by atoms with van der Waals surface area (Å²) in [6, 6.07) is -0.542. The number of hydrogen-bond acceptors (Lipinski definition) is 4. The molecule has 0 unspecified atom stereocenters. The maximum atomic E-state index is 11.7. The van der Waals surface area contributed by atoms with Crippen LogP contribution >= 0.6 is 27.3 Å². The van der Waals surface area contributed by atoms with Crippen LogP contribution < -0.4 is 11.1 Å². The second-order valence-corrected chi connectivity index (χ2v) is 6.71. The van der Waals surface area contributed by atoms with Gasteiger partial charge in [-0.25, -0.2) is 4.98 Å². The highest BCUT2D eigenvalue weighted by Gasteiger charge is 2.27. The fraction of sp³-hybridized carbons (Fsp3) is 0.556. The molecule has 0 bridgehead atoms. The number of rotatable bonds is 2. The summed E-state index contributed by atoms with van der Waals surface area (Å²) >= 11 is 4.63. The summed E-state index contributed by atoms with van der Waals surface area (Å²) in [5.41, 5.74) is 5.55. The third kappa shape index (κ3) is 3.55. The number of carbonyl (C=O) groups is 1. The molecule has 1 atom stereocenters. The van der Waals surface area contributed by atoms with Gasteiger partial charge in [-0.1, -0.05) is 32.1 Å². The first-order chi connectivity index (χ1) is 6.80. The van der Waals surface area contributed by atoms with Gasteiger partial charge in [-0.05, 0) is 21.3 Å². The minimum absolute atomic E-state index is 0.204. The van der Waals surface area contributed by atoms with Crippen LogP contribution in [0.4, 0.5) is 5.13 Å². The molecule has 1 amide bonds. The normalized spacial score (nSPS) is 13.7. The van der Waals surface area contributed by atoms with Crippen molar-refractivity contribution in [3.63, 3.8) is 0 Å². The summed E-state index contributed by atoms with van der Waals surface area (Å²) < 4.78 is 0.877. The molecule has 0 saturated carbocycles. The summed E-state index contributed by atoms with van der Waals surface area (Å²) in [6.45, 7) is 5.78. The third-order valence-electron chi connectivity index (χ3n) is 1.92. The molecular formula is C9H14BrN3OS. The second-order valence-electron chi connectivity index (χ2n) is 4.30. The Balaban J connectivity index is 2.64. The molecule has 0 aliphatic rings. The summed E-state index contributed by atoms with van der Waals surface area (Å²) in [6.07, 6.45) is 1.64. The molecule has 0 radical (unpaired) electrons. The number of anilines is 1. The van der Waals surface area contributed by atoms with E-state index in [1.807, 2.05) is 20.8 Å². The van der Waals surface area contributed by atoms with Crippen molar-refractivity contribution in [1.82, 2.24) is 4.98 Å². The van der Waals surface area contributed by atoms with Gasteiger partial charge in [0.15, 0.2) is 5.13 Å². The van der Waals surface area contributed by atoms with E-state index in [1.165, 1.54) is 11.3 Å². The van der Waals surface area contributed by atoms with E-state index in [-0.39, 0.29) is 11.3 Å². The SMILES string of the molecule is CC(C)(C)[C@@H](N)C(=O)Nc1ncc(Br)s1. The van der Waals surface area contributed by atoms with Gasteiger partial charge in [-0.15, -0.1) is 0 Å². The lowest BCUT2D eigenvalue weighted by Gasteiger charge is -2.25. The van der Waals surface area contributed by atoms with Crippen LogP contribution in [0.25, 0.3) is 0 Å². The standard InChI is InChI=1S/C9H14BrN3OS/c1-9(2,3)6(11)7(14)13-8-12-4-5(10)15-8/h4,6H,11H2,1-3H3,(H,12,13,14)/t6-/m0/s1. The Morgan fingerprint density at radius 1 is 1.67 bits per heavy atom. The van der Waals surface area contributed by atoms with Gasteiger partial charge in [0, 0.05) is 0 Å². The maximum absolute atomic E-state index is 11.7. The van der Waals surface area contributed by atoms with Crippen molar-refractivity contribution >= 4 is 38.3 Å². The monoisotopic (exact) mass is 291 g/mol. The maximum Gasteiger partial charge on any atom is 0.243 e. The fourth-order valence-electron chi connectivity index (χ4n) is 0.889. The first kappa shape index (κ1) is 12.6. The lowest BCUT2D eigenvalue weighted by molar-refractivity contribution is -0.119. The Morgan fingerprint density at radius 3 is 2.67 bits per heavy atom. The number of aromatic nitrogens is 1. The van der Waals surface area contributed by atoms with Crippen molar-refractivity contribution in [3.8, 4) is 0 Å². The Hall–Kier alpha value is -0.460. The highest BCUT2D eigenvalue weighted by molar-refractivity contribution is 9.11. The van der Waals surface area contributed by atoms with Crippen molar-refractivity contribution in [1.29, 1.82) is 0 Å². The van der Waals surface area contributed by atoms with Gasteiger partial charge in [0.25, 0.3) is 0 Å². The van der Waals surface area contributed by atoms with Crippen molar-refractivity contribution in [2.24, 2.45) is 11.1 Å². The zero-order chi connectivity index (χ0) is 11.6. The van der Waals surface area contributed by atoms with Crippen LogP contribution in [0.15, 0.2) is 9.98 Å². The van der Waals surface area contributed by atoms with E-state index in [9.17, 15) is 4.79 Å². The quantitative estimate of drug-likeness (QED) is 0.878.